The van der Waals surface area contributed by atoms with E-state index in [1.165, 1.54) is 13.8 Å². The molecule has 11 atom stereocenters. The van der Waals surface area contributed by atoms with Crippen LogP contribution < -0.4 is 0 Å². The average Bonchev–Trinajstić information content (AvgIpc) is 3.17. The lowest BCUT2D eigenvalue weighted by atomic mass is 9.43. The molecule has 0 saturated heterocycles. The zero-order valence-corrected chi connectivity index (χ0v) is 23.7. The largest absolute Gasteiger partial charge is 0.466 e. The van der Waals surface area contributed by atoms with Crippen LogP contribution in [0, 0.1) is 46.3 Å². The summed E-state index contributed by atoms with van der Waals surface area (Å²) >= 11 is 0. The van der Waals surface area contributed by atoms with E-state index in [2.05, 4.69) is 20.8 Å². The van der Waals surface area contributed by atoms with Gasteiger partial charge in [0.1, 0.15) is 12.2 Å². The van der Waals surface area contributed by atoms with Gasteiger partial charge in [-0.1, -0.05) is 20.8 Å². The van der Waals surface area contributed by atoms with Gasteiger partial charge in [0.05, 0.1) is 12.7 Å². The van der Waals surface area contributed by atoms with E-state index in [9.17, 15) is 19.5 Å². The fourth-order valence-corrected chi connectivity index (χ4v) is 9.55. The summed E-state index contributed by atoms with van der Waals surface area (Å²) in [5.41, 5.74) is -0.250. The highest BCUT2D eigenvalue weighted by Crippen LogP contribution is 2.68. The van der Waals surface area contributed by atoms with Crippen molar-refractivity contribution in [2.45, 2.75) is 118 Å². The maximum Gasteiger partial charge on any atom is 0.305 e. The number of carbonyl (C=O) groups is 3. The summed E-state index contributed by atoms with van der Waals surface area (Å²) in [5.74, 6) is 1.00. The number of fused-ring (bicyclic) bond motifs is 5. The van der Waals surface area contributed by atoms with E-state index in [4.69, 9.17) is 14.2 Å². The van der Waals surface area contributed by atoms with Crippen molar-refractivity contribution in [3.8, 4) is 0 Å². The molecule has 0 aliphatic heterocycles. The third-order valence-corrected chi connectivity index (χ3v) is 11.2. The molecule has 7 nitrogen and oxygen atoms in total. The lowest BCUT2D eigenvalue weighted by molar-refractivity contribution is -0.218. The smallest absolute Gasteiger partial charge is 0.305 e. The molecule has 0 bridgehead atoms. The molecule has 4 aliphatic rings. The number of ether oxygens (including phenoxy) is 3. The highest BCUT2D eigenvalue weighted by molar-refractivity contribution is 5.69. The zero-order chi connectivity index (χ0) is 27.1. The molecule has 4 fully saturated rings. The molecule has 0 aromatic carbocycles. The fourth-order valence-electron chi connectivity index (χ4n) is 9.55. The molecule has 0 heterocycles. The highest BCUT2D eigenvalue weighted by atomic mass is 16.5. The first-order valence-electron chi connectivity index (χ1n) is 14.6. The quantitative estimate of drug-likeness (QED) is 0.370. The van der Waals surface area contributed by atoms with Crippen molar-refractivity contribution in [1.29, 1.82) is 0 Å². The first-order valence-corrected chi connectivity index (χ1v) is 14.6. The first kappa shape index (κ1) is 28.4. The van der Waals surface area contributed by atoms with Gasteiger partial charge in [0.25, 0.3) is 0 Å². The van der Waals surface area contributed by atoms with E-state index < -0.39 is 6.10 Å². The van der Waals surface area contributed by atoms with Gasteiger partial charge in [-0.2, -0.15) is 0 Å². The number of aliphatic hydroxyl groups excluding tert-OH is 1. The van der Waals surface area contributed by atoms with Crippen molar-refractivity contribution >= 4 is 17.9 Å². The summed E-state index contributed by atoms with van der Waals surface area (Å²) in [7, 11) is 0. The number of hydrogen-bond donors (Lipinski definition) is 1. The van der Waals surface area contributed by atoms with Crippen LogP contribution in [0.3, 0.4) is 0 Å². The van der Waals surface area contributed by atoms with Gasteiger partial charge in [-0.05, 0) is 98.7 Å². The van der Waals surface area contributed by atoms with Crippen molar-refractivity contribution in [2.24, 2.45) is 46.3 Å². The van der Waals surface area contributed by atoms with Crippen LogP contribution in [0.2, 0.25) is 0 Å². The molecular weight excluding hydrogens is 472 g/mol. The molecule has 4 saturated carbocycles. The number of hydrogen-bond acceptors (Lipinski definition) is 7. The van der Waals surface area contributed by atoms with Crippen LogP contribution in [0.5, 0.6) is 0 Å². The SMILES string of the molecule is CCOC(=O)CCC(C)C1CCC2C3C(C[C@H](O)C12C)C1(C)CC[C@@H](OC(C)=O)CC1C[C@H]3OC(C)=O. The Balaban J connectivity index is 1.59. The van der Waals surface area contributed by atoms with Gasteiger partial charge in [0.15, 0.2) is 0 Å². The van der Waals surface area contributed by atoms with E-state index in [0.717, 1.165) is 44.9 Å². The molecular formula is C30H48O7. The summed E-state index contributed by atoms with van der Waals surface area (Å²) in [6, 6.07) is 0. The van der Waals surface area contributed by atoms with Crippen molar-refractivity contribution < 1.29 is 33.7 Å². The van der Waals surface area contributed by atoms with Gasteiger partial charge >= 0.3 is 17.9 Å². The highest BCUT2D eigenvalue weighted by Gasteiger charge is 2.66. The molecule has 4 rings (SSSR count). The molecule has 1 N–H and O–H groups in total. The molecule has 0 aromatic rings. The van der Waals surface area contributed by atoms with Crippen molar-refractivity contribution in [3.05, 3.63) is 0 Å². The van der Waals surface area contributed by atoms with Gasteiger partial charge in [0.2, 0.25) is 0 Å². The summed E-state index contributed by atoms with van der Waals surface area (Å²) in [4.78, 5) is 35.9. The second-order valence-corrected chi connectivity index (χ2v) is 13.0. The van der Waals surface area contributed by atoms with Crippen LogP contribution in [0.15, 0.2) is 0 Å². The molecule has 8 unspecified atom stereocenters. The van der Waals surface area contributed by atoms with Crippen LogP contribution in [-0.4, -0.2) is 47.9 Å². The molecule has 0 amide bonds. The maximum absolute atomic E-state index is 12.3. The lowest BCUT2D eigenvalue weighted by Crippen LogP contribution is -2.63. The Bertz CT molecular complexity index is 872. The monoisotopic (exact) mass is 520 g/mol. The van der Waals surface area contributed by atoms with Crippen molar-refractivity contribution in [3.63, 3.8) is 0 Å². The Hall–Kier alpha value is -1.63. The van der Waals surface area contributed by atoms with E-state index in [0.29, 0.717) is 31.3 Å². The van der Waals surface area contributed by atoms with Crippen molar-refractivity contribution in [1.82, 2.24) is 0 Å². The Morgan fingerprint density at radius 3 is 2.32 bits per heavy atom. The first-order chi connectivity index (χ1) is 17.4. The second kappa shape index (κ2) is 10.9. The third-order valence-electron chi connectivity index (χ3n) is 11.2. The van der Waals surface area contributed by atoms with E-state index in [1.54, 1.807) is 0 Å². The number of rotatable bonds is 7. The Kier molecular flexibility index (Phi) is 8.33. The van der Waals surface area contributed by atoms with E-state index in [-0.39, 0.29) is 64.6 Å². The van der Waals surface area contributed by atoms with E-state index >= 15 is 0 Å². The summed E-state index contributed by atoms with van der Waals surface area (Å²) in [6.45, 7) is 12.0. The molecule has 210 valence electrons. The predicted octanol–water partition coefficient (Wildman–Crippen LogP) is 5.07. The summed E-state index contributed by atoms with van der Waals surface area (Å²) in [6.07, 6.45) is 6.61. The van der Waals surface area contributed by atoms with Gasteiger partial charge in [-0.3, -0.25) is 14.4 Å². The Morgan fingerprint density at radius 1 is 0.973 bits per heavy atom. The minimum absolute atomic E-state index is 0.0217. The number of esters is 3. The van der Waals surface area contributed by atoms with Gasteiger partial charge in [0, 0.05) is 26.2 Å². The van der Waals surface area contributed by atoms with E-state index in [1.807, 2.05) is 6.92 Å². The molecule has 0 spiro atoms. The molecule has 0 radical (unpaired) electrons. The number of carbonyl (C=O) groups excluding carboxylic acids is 3. The predicted molar refractivity (Wildman–Crippen MR) is 138 cm³/mol. The van der Waals surface area contributed by atoms with Crippen LogP contribution in [0.25, 0.3) is 0 Å². The standard InChI is InChI=1S/C30H48O7/c1-7-35-27(34)11-8-17(2)22-9-10-23-28-24(16-26(33)30(22,23)6)29(5)13-12-21(36-18(3)31)14-20(29)15-25(28)37-19(4)32/h17,20-26,28,33H,7-16H2,1-6H3/t17?,20?,21-,22?,23?,24?,25-,26+,28?,29?,30?/m1/s1. The summed E-state index contributed by atoms with van der Waals surface area (Å²) in [5, 5.41) is 11.8. The Morgan fingerprint density at radius 2 is 1.68 bits per heavy atom. The molecule has 4 aliphatic carbocycles. The Labute approximate surface area is 222 Å². The van der Waals surface area contributed by atoms with Crippen LogP contribution in [0.1, 0.15) is 99.3 Å². The maximum atomic E-state index is 12.3. The van der Waals surface area contributed by atoms with Crippen LogP contribution >= 0.6 is 0 Å². The normalized spacial score (nSPS) is 43.5. The van der Waals surface area contributed by atoms with Gasteiger partial charge in [-0.15, -0.1) is 0 Å². The van der Waals surface area contributed by atoms with Crippen molar-refractivity contribution in [2.75, 3.05) is 6.61 Å². The zero-order valence-electron chi connectivity index (χ0n) is 23.7. The minimum Gasteiger partial charge on any atom is -0.466 e. The second-order valence-electron chi connectivity index (χ2n) is 13.0. The number of aliphatic hydroxyl groups is 1. The van der Waals surface area contributed by atoms with Crippen LogP contribution in [-0.2, 0) is 28.6 Å². The van der Waals surface area contributed by atoms with Gasteiger partial charge in [-0.25, -0.2) is 0 Å². The summed E-state index contributed by atoms with van der Waals surface area (Å²) < 4.78 is 16.8. The van der Waals surface area contributed by atoms with Crippen LogP contribution in [0.4, 0.5) is 0 Å². The fraction of sp³-hybridized carbons (Fsp3) is 0.900. The third kappa shape index (κ3) is 5.18. The van der Waals surface area contributed by atoms with Gasteiger partial charge < -0.3 is 19.3 Å². The molecule has 37 heavy (non-hydrogen) atoms. The topological polar surface area (TPSA) is 99.1 Å². The molecule has 7 heteroatoms. The minimum atomic E-state index is -0.434. The average molecular weight is 521 g/mol. The lowest BCUT2D eigenvalue weighted by Gasteiger charge is -2.64. The molecule has 0 aromatic heterocycles.